The Morgan fingerprint density at radius 1 is 0.500 bits per heavy atom. The number of nitrogens with one attached hydrogen (secondary N) is 1. The van der Waals surface area contributed by atoms with Crippen LogP contribution in [0, 0.1) is 0 Å². The molecule has 1 atom stereocenters. The first kappa shape index (κ1) is 20.2. The molecular formula is C31H27N. The quantitative estimate of drug-likeness (QED) is 0.284. The Morgan fingerprint density at radius 3 is 1.47 bits per heavy atom. The average Bonchev–Trinajstić information content (AvgIpc) is 2.88. The molecule has 0 fully saturated rings. The van der Waals surface area contributed by atoms with Crippen LogP contribution in [-0.4, -0.2) is 0 Å². The molecule has 0 aliphatic heterocycles. The Balaban J connectivity index is 1.73. The molecule has 0 saturated heterocycles. The molecular weight excluding hydrogens is 386 g/mol. The fourth-order valence-corrected chi connectivity index (χ4v) is 4.85. The minimum atomic E-state index is -0.486. The van der Waals surface area contributed by atoms with E-state index in [4.69, 9.17) is 0 Å². The van der Waals surface area contributed by atoms with Gasteiger partial charge in [0.05, 0.1) is 5.54 Å². The smallest absolute Gasteiger partial charge is 0.0952 e. The molecule has 0 amide bonds. The van der Waals surface area contributed by atoms with Crippen molar-refractivity contribution in [2.45, 2.75) is 18.5 Å². The molecule has 5 rings (SSSR count). The Hall–Kier alpha value is -3.68. The minimum absolute atomic E-state index is 0.113. The lowest BCUT2D eigenvalue weighted by Gasteiger charge is -2.39. The highest BCUT2D eigenvalue weighted by atomic mass is 15.0. The standard InChI is InChI=1S/C31H27N/c1-24(29-23-13-15-25-14-11-12-22-30(25)29)32-31(26-16-5-2-6-17-26,27-18-7-3-8-19-27)28-20-9-4-10-21-28/h2-24,32H,1H3/t24-/m1/s1. The highest BCUT2D eigenvalue weighted by molar-refractivity contribution is 5.86. The summed E-state index contributed by atoms with van der Waals surface area (Å²) in [4.78, 5) is 0. The second-order valence-electron chi connectivity index (χ2n) is 8.28. The van der Waals surface area contributed by atoms with E-state index in [9.17, 15) is 0 Å². The summed E-state index contributed by atoms with van der Waals surface area (Å²) in [6.45, 7) is 2.27. The van der Waals surface area contributed by atoms with Gasteiger partial charge >= 0.3 is 0 Å². The molecule has 0 bridgehead atoms. The van der Waals surface area contributed by atoms with Gasteiger partial charge in [0.1, 0.15) is 0 Å². The van der Waals surface area contributed by atoms with Crippen molar-refractivity contribution >= 4 is 10.8 Å². The second-order valence-corrected chi connectivity index (χ2v) is 8.28. The Kier molecular flexibility index (Phi) is 5.58. The molecule has 1 heteroatoms. The van der Waals surface area contributed by atoms with Crippen LogP contribution in [0.25, 0.3) is 10.8 Å². The van der Waals surface area contributed by atoms with Crippen LogP contribution in [-0.2, 0) is 5.54 Å². The maximum absolute atomic E-state index is 4.09. The Bertz CT molecular complexity index is 1190. The normalized spacial score (nSPS) is 12.5. The summed E-state index contributed by atoms with van der Waals surface area (Å²) in [5.41, 5.74) is 4.49. The summed E-state index contributed by atoms with van der Waals surface area (Å²) in [6, 6.07) is 47.7. The predicted molar refractivity (Wildman–Crippen MR) is 135 cm³/mol. The predicted octanol–water partition coefficient (Wildman–Crippen LogP) is 7.48. The van der Waals surface area contributed by atoms with Crippen LogP contribution in [0.3, 0.4) is 0 Å². The van der Waals surface area contributed by atoms with Crippen molar-refractivity contribution in [1.82, 2.24) is 5.32 Å². The molecule has 32 heavy (non-hydrogen) atoms. The molecule has 1 nitrogen and oxygen atoms in total. The number of hydrogen-bond acceptors (Lipinski definition) is 1. The van der Waals surface area contributed by atoms with Gasteiger partial charge in [-0.1, -0.05) is 133 Å². The largest absolute Gasteiger partial charge is 0.293 e. The van der Waals surface area contributed by atoms with Gasteiger partial charge in [-0.3, -0.25) is 5.32 Å². The van der Waals surface area contributed by atoms with Crippen molar-refractivity contribution in [3.05, 3.63) is 156 Å². The fraction of sp³-hybridized carbons (Fsp3) is 0.0968. The Labute approximate surface area is 190 Å². The molecule has 0 heterocycles. The van der Waals surface area contributed by atoms with Crippen LogP contribution in [0.4, 0.5) is 0 Å². The lowest BCUT2D eigenvalue weighted by molar-refractivity contribution is 0.416. The van der Waals surface area contributed by atoms with Crippen LogP contribution < -0.4 is 5.32 Å². The molecule has 0 radical (unpaired) electrons. The van der Waals surface area contributed by atoms with Crippen molar-refractivity contribution in [2.75, 3.05) is 0 Å². The van der Waals surface area contributed by atoms with E-state index < -0.39 is 5.54 Å². The highest BCUT2D eigenvalue weighted by Crippen LogP contribution is 2.39. The molecule has 0 unspecified atom stereocenters. The van der Waals surface area contributed by atoms with Crippen LogP contribution >= 0.6 is 0 Å². The summed E-state index contributed by atoms with van der Waals surface area (Å²) in [6.07, 6.45) is 0. The summed E-state index contributed by atoms with van der Waals surface area (Å²) in [5.74, 6) is 0. The summed E-state index contributed by atoms with van der Waals surface area (Å²) < 4.78 is 0. The van der Waals surface area contributed by atoms with Gasteiger partial charge in [-0.2, -0.15) is 0 Å². The van der Waals surface area contributed by atoms with Crippen molar-refractivity contribution in [3.63, 3.8) is 0 Å². The van der Waals surface area contributed by atoms with E-state index in [-0.39, 0.29) is 6.04 Å². The second kappa shape index (κ2) is 8.82. The van der Waals surface area contributed by atoms with Crippen LogP contribution in [0.1, 0.15) is 35.2 Å². The van der Waals surface area contributed by atoms with Gasteiger partial charge in [0.2, 0.25) is 0 Å². The first-order valence-corrected chi connectivity index (χ1v) is 11.2. The van der Waals surface area contributed by atoms with E-state index in [0.717, 1.165) is 0 Å². The van der Waals surface area contributed by atoms with Gasteiger partial charge in [0.25, 0.3) is 0 Å². The third kappa shape index (κ3) is 3.62. The summed E-state index contributed by atoms with van der Waals surface area (Å²) in [5, 5.41) is 6.64. The molecule has 5 aromatic carbocycles. The van der Waals surface area contributed by atoms with Crippen molar-refractivity contribution < 1.29 is 0 Å². The molecule has 0 aliphatic carbocycles. The van der Waals surface area contributed by atoms with Crippen molar-refractivity contribution in [3.8, 4) is 0 Å². The maximum Gasteiger partial charge on any atom is 0.0952 e. The summed E-state index contributed by atoms with van der Waals surface area (Å²) >= 11 is 0. The zero-order valence-corrected chi connectivity index (χ0v) is 18.3. The van der Waals surface area contributed by atoms with Crippen LogP contribution in [0.15, 0.2) is 133 Å². The number of fused-ring (bicyclic) bond motifs is 1. The van der Waals surface area contributed by atoms with E-state index >= 15 is 0 Å². The van der Waals surface area contributed by atoms with Gasteiger partial charge in [-0.25, -0.2) is 0 Å². The molecule has 156 valence electrons. The SMILES string of the molecule is C[C@@H](NC(c1ccccc1)(c1ccccc1)c1ccccc1)c1cccc2ccccc12. The fourth-order valence-electron chi connectivity index (χ4n) is 4.85. The van der Waals surface area contributed by atoms with Gasteiger partial charge in [-0.05, 0) is 39.9 Å². The molecule has 5 aromatic rings. The third-order valence-electron chi connectivity index (χ3n) is 6.34. The first-order chi connectivity index (χ1) is 15.8. The van der Waals surface area contributed by atoms with E-state index in [1.165, 1.54) is 33.0 Å². The molecule has 0 spiro atoms. The van der Waals surface area contributed by atoms with Crippen molar-refractivity contribution in [2.24, 2.45) is 0 Å². The van der Waals surface area contributed by atoms with Crippen LogP contribution in [0.2, 0.25) is 0 Å². The van der Waals surface area contributed by atoms with E-state index in [1.54, 1.807) is 0 Å². The van der Waals surface area contributed by atoms with Crippen LogP contribution in [0.5, 0.6) is 0 Å². The minimum Gasteiger partial charge on any atom is -0.293 e. The Morgan fingerprint density at radius 2 is 0.938 bits per heavy atom. The monoisotopic (exact) mass is 413 g/mol. The van der Waals surface area contributed by atoms with Gasteiger partial charge in [0, 0.05) is 6.04 Å². The van der Waals surface area contributed by atoms with E-state index in [1.807, 2.05) is 0 Å². The molecule has 1 N–H and O–H groups in total. The lowest BCUT2D eigenvalue weighted by Crippen LogP contribution is -2.45. The number of hydrogen-bond donors (Lipinski definition) is 1. The zero-order chi connectivity index (χ0) is 21.8. The summed E-state index contributed by atoms with van der Waals surface area (Å²) in [7, 11) is 0. The topological polar surface area (TPSA) is 12.0 Å². The molecule has 0 aliphatic rings. The van der Waals surface area contributed by atoms with Gasteiger partial charge in [0.15, 0.2) is 0 Å². The molecule has 0 saturated carbocycles. The van der Waals surface area contributed by atoms with Gasteiger partial charge in [-0.15, -0.1) is 0 Å². The number of rotatable bonds is 6. The van der Waals surface area contributed by atoms with E-state index in [0.29, 0.717) is 0 Å². The van der Waals surface area contributed by atoms with Crippen molar-refractivity contribution in [1.29, 1.82) is 0 Å². The zero-order valence-electron chi connectivity index (χ0n) is 18.3. The highest BCUT2D eigenvalue weighted by Gasteiger charge is 2.37. The lowest BCUT2D eigenvalue weighted by atomic mass is 9.76. The molecule has 0 aromatic heterocycles. The average molecular weight is 414 g/mol. The van der Waals surface area contributed by atoms with E-state index in [2.05, 4.69) is 146 Å². The third-order valence-corrected chi connectivity index (χ3v) is 6.34. The van der Waals surface area contributed by atoms with Gasteiger partial charge < -0.3 is 0 Å². The maximum atomic E-state index is 4.09. The number of benzene rings is 5. The first-order valence-electron chi connectivity index (χ1n) is 11.2.